The van der Waals surface area contributed by atoms with Gasteiger partial charge in [-0.1, -0.05) is 76.6 Å². The lowest BCUT2D eigenvalue weighted by Crippen LogP contribution is -2.47. The molecule has 50 heavy (non-hydrogen) atoms. The van der Waals surface area contributed by atoms with Crippen molar-refractivity contribution in [1.29, 1.82) is 0 Å². The van der Waals surface area contributed by atoms with Crippen molar-refractivity contribution in [2.45, 2.75) is 84.4 Å². The topological polar surface area (TPSA) is 146 Å². The number of alkyl halides is 2. The molecule has 2 atom stereocenters. The zero-order valence-electron chi connectivity index (χ0n) is 28.6. The van der Waals surface area contributed by atoms with E-state index in [-0.39, 0.29) is 41.0 Å². The average molecular weight is 708 g/mol. The van der Waals surface area contributed by atoms with E-state index < -0.39 is 35.7 Å². The minimum atomic E-state index is -2.93. The number of hydrogen-bond donors (Lipinski definition) is 1. The number of aromatic nitrogens is 6. The van der Waals surface area contributed by atoms with E-state index in [1.807, 2.05) is 58.9 Å². The number of rotatable bonds is 12. The molecule has 15 heteroatoms. The van der Waals surface area contributed by atoms with E-state index in [1.165, 1.54) is 17.0 Å². The standard InChI is InChI=1S/C35H40ClF2N9O3/c1-20(2)14-29(48)50-17-28(22-8-13-25(36)27(15-22)46-31(30(37)38)40-19-42-46)45-32(49)35(43-33(45)39,18-34(3,4)5)23-9-6-21(7-10-23)26-16-41-47(44-26)24-11-12-24/h6-10,13,15-16,19-20,24,28,30H,11-12,14,17-18H2,1-5H3,(H2,39,43)/t28-,35-/m1/s1. The third-order valence-corrected chi connectivity index (χ3v) is 8.91. The lowest BCUT2D eigenvalue weighted by molar-refractivity contribution is -0.148. The van der Waals surface area contributed by atoms with Crippen LogP contribution in [-0.4, -0.2) is 59.1 Å². The number of ether oxygens (including phenoxy) is 1. The molecule has 12 nitrogen and oxygen atoms in total. The quantitative estimate of drug-likeness (QED) is 0.163. The van der Waals surface area contributed by atoms with E-state index in [2.05, 4.69) is 20.3 Å². The molecule has 1 aliphatic heterocycles. The van der Waals surface area contributed by atoms with Crippen LogP contribution in [0, 0.1) is 11.3 Å². The molecule has 1 aliphatic carbocycles. The van der Waals surface area contributed by atoms with Gasteiger partial charge >= 0.3 is 5.97 Å². The lowest BCUT2D eigenvalue weighted by atomic mass is 9.75. The van der Waals surface area contributed by atoms with Gasteiger partial charge < -0.3 is 10.5 Å². The number of carbonyl (C=O) groups excluding carboxylic acids is 2. The second-order valence-corrected chi connectivity index (χ2v) is 14.8. The minimum absolute atomic E-state index is 0.0314. The first-order valence-corrected chi connectivity index (χ1v) is 16.9. The van der Waals surface area contributed by atoms with Crippen LogP contribution < -0.4 is 5.73 Å². The average Bonchev–Trinajstić information content (AvgIpc) is 3.45. The summed E-state index contributed by atoms with van der Waals surface area (Å²) in [4.78, 5) is 39.3. The number of benzene rings is 2. The number of aliphatic imine (C=N–C) groups is 1. The van der Waals surface area contributed by atoms with Crippen molar-refractivity contribution in [1.82, 2.24) is 34.7 Å². The van der Waals surface area contributed by atoms with Crippen molar-refractivity contribution < 1.29 is 23.1 Å². The Bertz CT molecular complexity index is 1910. The fourth-order valence-electron chi connectivity index (χ4n) is 6.25. The Morgan fingerprint density at radius 3 is 2.48 bits per heavy atom. The summed E-state index contributed by atoms with van der Waals surface area (Å²) in [5, 5.41) is 13.1. The van der Waals surface area contributed by atoms with Gasteiger partial charge in [0.15, 0.2) is 17.3 Å². The van der Waals surface area contributed by atoms with Crippen LogP contribution in [0.4, 0.5) is 8.78 Å². The molecule has 2 N–H and O–H groups in total. The van der Waals surface area contributed by atoms with E-state index in [1.54, 1.807) is 17.1 Å². The van der Waals surface area contributed by atoms with Crippen LogP contribution in [0.3, 0.4) is 0 Å². The molecular weight excluding hydrogens is 668 g/mol. The second-order valence-electron chi connectivity index (χ2n) is 14.4. The van der Waals surface area contributed by atoms with Crippen LogP contribution in [0.5, 0.6) is 0 Å². The first kappa shape index (κ1) is 35.1. The first-order valence-electron chi connectivity index (χ1n) is 16.5. The molecule has 2 aromatic carbocycles. The Hall–Kier alpha value is -4.72. The summed E-state index contributed by atoms with van der Waals surface area (Å²) >= 11 is 6.49. The molecule has 264 valence electrons. The van der Waals surface area contributed by atoms with Crippen LogP contribution >= 0.6 is 11.6 Å². The van der Waals surface area contributed by atoms with Crippen molar-refractivity contribution in [3.63, 3.8) is 0 Å². The SMILES string of the molecule is CC(C)CC(=O)OC[C@H](c1ccc(Cl)c(-n2ncnc2C(F)F)c1)N1C(=O)[C@@](CC(C)(C)C)(c2ccc(-c3cnn(C4CC4)n3)cc2)N=C1N. The number of esters is 1. The van der Waals surface area contributed by atoms with Gasteiger partial charge in [0.2, 0.25) is 0 Å². The summed E-state index contributed by atoms with van der Waals surface area (Å²) in [6.07, 6.45) is 2.39. The summed E-state index contributed by atoms with van der Waals surface area (Å²) in [5.41, 5.74) is 7.54. The number of amides is 1. The highest BCUT2D eigenvalue weighted by Crippen LogP contribution is 2.45. The lowest BCUT2D eigenvalue weighted by Gasteiger charge is -2.35. The van der Waals surface area contributed by atoms with Gasteiger partial charge in [0.25, 0.3) is 12.3 Å². The minimum Gasteiger partial charge on any atom is -0.463 e. The summed E-state index contributed by atoms with van der Waals surface area (Å²) < 4.78 is 34.3. The third-order valence-electron chi connectivity index (χ3n) is 8.59. The normalized spacial score (nSPS) is 18.6. The molecule has 0 radical (unpaired) electrons. The van der Waals surface area contributed by atoms with E-state index in [4.69, 9.17) is 27.1 Å². The number of nitrogens with two attached hydrogens (primary N) is 1. The molecule has 3 heterocycles. The van der Waals surface area contributed by atoms with Crippen LogP contribution in [0.25, 0.3) is 16.9 Å². The van der Waals surface area contributed by atoms with Gasteiger partial charge in [0.1, 0.15) is 18.6 Å². The Morgan fingerprint density at radius 2 is 1.84 bits per heavy atom. The smallest absolute Gasteiger partial charge is 0.306 e. The largest absolute Gasteiger partial charge is 0.463 e. The predicted molar refractivity (Wildman–Crippen MR) is 182 cm³/mol. The second kappa shape index (κ2) is 13.5. The maximum Gasteiger partial charge on any atom is 0.306 e. The third kappa shape index (κ3) is 7.11. The van der Waals surface area contributed by atoms with E-state index >= 15 is 0 Å². The van der Waals surface area contributed by atoms with Gasteiger partial charge in [0.05, 0.1) is 29.0 Å². The molecule has 0 saturated heterocycles. The Balaban J connectivity index is 1.40. The fraction of sp³-hybridized carbons (Fsp3) is 0.457. The molecule has 6 rings (SSSR count). The van der Waals surface area contributed by atoms with Crippen LogP contribution in [-0.2, 0) is 19.9 Å². The summed E-state index contributed by atoms with van der Waals surface area (Å²) in [6.45, 7) is 9.52. The van der Waals surface area contributed by atoms with Crippen LogP contribution in [0.15, 0.2) is 60.0 Å². The molecule has 0 unspecified atom stereocenters. The maximum absolute atomic E-state index is 14.9. The molecule has 4 aromatic rings. The zero-order valence-corrected chi connectivity index (χ0v) is 29.3. The van der Waals surface area contributed by atoms with Crippen molar-refractivity contribution >= 4 is 29.4 Å². The van der Waals surface area contributed by atoms with Crippen molar-refractivity contribution in [3.05, 3.63) is 77.0 Å². The highest BCUT2D eigenvalue weighted by Gasteiger charge is 2.53. The highest BCUT2D eigenvalue weighted by molar-refractivity contribution is 6.32. The zero-order chi connectivity index (χ0) is 36.0. The maximum atomic E-state index is 14.9. The molecule has 0 bridgehead atoms. The monoisotopic (exact) mass is 707 g/mol. The molecule has 2 aromatic heterocycles. The molecule has 1 fully saturated rings. The van der Waals surface area contributed by atoms with E-state index in [9.17, 15) is 18.4 Å². The number of hydrogen-bond acceptors (Lipinski definition) is 9. The van der Waals surface area contributed by atoms with Crippen molar-refractivity contribution in [3.8, 4) is 16.9 Å². The van der Waals surface area contributed by atoms with Gasteiger partial charge in [-0.25, -0.2) is 23.4 Å². The number of carbonyl (C=O) groups is 2. The Morgan fingerprint density at radius 1 is 1.12 bits per heavy atom. The molecular formula is C35H40ClF2N9O3. The molecule has 2 aliphatic rings. The van der Waals surface area contributed by atoms with Gasteiger partial charge in [-0.2, -0.15) is 20.1 Å². The van der Waals surface area contributed by atoms with Crippen molar-refractivity contribution in [2.24, 2.45) is 22.1 Å². The van der Waals surface area contributed by atoms with Gasteiger partial charge in [-0.15, -0.1) is 0 Å². The van der Waals surface area contributed by atoms with Crippen LogP contribution in [0.1, 0.15) is 95.8 Å². The molecule has 1 saturated carbocycles. The summed E-state index contributed by atoms with van der Waals surface area (Å²) in [7, 11) is 0. The summed E-state index contributed by atoms with van der Waals surface area (Å²) in [6, 6.07) is 11.5. The number of nitrogens with zero attached hydrogens (tertiary/aromatic N) is 8. The predicted octanol–water partition coefficient (Wildman–Crippen LogP) is 6.57. The van der Waals surface area contributed by atoms with Gasteiger partial charge in [0, 0.05) is 12.0 Å². The molecule has 1 amide bonds. The van der Waals surface area contributed by atoms with E-state index in [0.29, 0.717) is 23.6 Å². The van der Waals surface area contributed by atoms with Gasteiger partial charge in [-0.3, -0.25) is 14.5 Å². The van der Waals surface area contributed by atoms with Crippen LogP contribution in [0.2, 0.25) is 5.02 Å². The summed E-state index contributed by atoms with van der Waals surface area (Å²) in [5.74, 6) is -1.54. The van der Waals surface area contributed by atoms with Crippen molar-refractivity contribution in [2.75, 3.05) is 6.61 Å². The number of guanidine groups is 1. The molecule has 0 spiro atoms. The fourth-order valence-corrected chi connectivity index (χ4v) is 6.45. The highest BCUT2D eigenvalue weighted by atomic mass is 35.5. The Kier molecular flexibility index (Phi) is 9.51. The Labute approximate surface area is 293 Å². The number of halogens is 3. The van der Waals surface area contributed by atoms with E-state index in [0.717, 1.165) is 35.1 Å². The first-order chi connectivity index (χ1) is 23.7. The van der Waals surface area contributed by atoms with Gasteiger partial charge in [-0.05, 0) is 53.9 Å².